The molecule has 4 rings (SSSR count). The van der Waals surface area contributed by atoms with Crippen molar-refractivity contribution in [1.82, 2.24) is 4.98 Å². The molecular weight excluding hydrogens is 337 g/mol. The molecule has 1 aromatic heterocycles. The van der Waals surface area contributed by atoms with Crippen LogP contribution in [0.4, 0.5) is 0 Å². The maximum Gasteiger partial charge on any atom is 0.0595 e. The van der Waals surface area contributed by atoms with Gasteiger partial charge >= 0.3 is 0 Å². The third-order valence-electron chi connectivity index (χ3n) is 5.48. The van der Waals surface area contributed by atoms with E-state index < -0.39 is 0 Å². The lowest BCUT2D eigenvalue weighted by atomic mass is 9.82. The number of rotatable bonds is 4. The van der Waals surface area contributed by atoms with Crippen LogP contribution >= 0.6 is 23.2 Å². The molecule has 0 amide bonds. The van der Waals surface area contributed by atoms with Crippen molar-refractivity contribution < 1.29 is 0 Å². The molecule has 0 N–H and O–H groups in total. The van der Waals surface area contributed by atoms with Crippen molar-refractivity contribution in [2.45, 2.75) is 44.4 Å². The molecule has 3 heteroatoms. The highest BCUT2D eigenvalue weighted by molar-refractivity contribution is 6.42. The maximum absolute atomic E-state index is 6.31. The van der Waals surface area contributed by atoms with Crippen LogP contribution in [0.1, 0.15) is 54.8 Å². The highest BCUT2D eigenvalue weighted by Gasteiger charge is 2.27. The van der Waals surface area contributed by atoms with Gasteiger partial charge in [0.15, 0.2) is 0 Å². The second-order valence-electron chi connectivity index (χ2n) is 7.05. The van der Waals surface area contributed by atoms with Gasteiger partial charge in [-0.3, -0.25) is 4.98 Å². The van der Waals surface area contributed by atoms with E-state index in [1.54, 1.807) is 0 Å². The molecule has 2 aliphatic rings. The smallest absolute Gasteiger partial charge is 0.0595 e. The topological polar surface area (TPSA) is 12.9 Å². The minimum absolute atomic E-state index is 0.414. The van der Waals surface area contributed by atoms with E-state index in [1.807, 2.05) is 18.3 Å². The van der Waals surface area contributed by atoms with Crippen LogP contribution in [-0.2, 0) is 6.42 Å². The van der Waals surface area contributed by atoms with E-state index in [9.17, 15) is 0 Å². The van der Waals surface area contributed by atoms with Crippen molar-refractivity contribution in [2.24, 2.45) is 5.92 Å². The summed E-state index contributed by atoms with van der Waals surface area (Å²) in [6, 6.07) is 10.3. The number of allylic oxidation sites excluding steroid dienone is 1. The zero-order chi connectivity index (χ0) is 16.5. The number of hydrogen-bond acceptors (Lipinski definition) is 1. The van der Waals surface area contributed by atoms with Gasteiger partial charge in [0.1, 0.15) is 0 Å². The van der Waals surface area contributed by atoms with E-state index in [0.717, 1.165) is 12.3 Å². The predicted octanol–water partition coefficient (Wildman–Crippen LogP) is 6.69. The number of nitrogens with zero attached hydrogens (tertiary/aromatic N) is 1. The molecule has 1 heterocycles. The first-order valence-corrected chi connectivity index (χ1v) is 9.55. The third-order valence-corrected chi connectivity index (χ3v) is 6.21. The fraction of sp³-hybridized carbons (Fsp3) is 0.381. The van der Waals surface area contributed by atoms with Crippen molar-refractivity contribution in [3.05, 3.63) is 69.0 Å². The molecule has 0 radical (unpaired) electrons. The van der Waals surface area contributed by atoms with Crippen molar-refractivity contribution >= 4 is 29.3 Å². The zero-order valence-corrected chi connectivity index (χ0v) is 15.2. The molecule has 1 aromatic carbocycles. The summed E-state index contributed by atoms with van der Waals surface area (Å²) in [6.07, 6.45) is 11.8. The minimum Gasteiger partial charge on any atom is -0.260 e. The van der Waals surface area contributed by atoms with Gasteiger partial charge in [-0.05, 0) is 41.7 Å². The van der Waals surface area contributed by atoms with Crippen LogP contribution in [0.5, 0.6) is 0 Å². The first kappa shape index (κ1) is 16.2. The summed E-state index contributed by atoms with van der Waals surface area (Å²) >= 11 is 12.4. The number of aromatic nitrogens is 1. The number of halogens is 2. The van der Waals surface area contributed by atoms with Crippen LogP contribution in [0.3, 0.4) is 0 Å². The van der Waals surface area contributed by atoms with Gasteiger partial charge < -0.3 is 0 Å². The second kappa shape index (κ2) is 6.90. The normalized spacial score (nSPS) is 18.5. The Morgan fingerprint density at radius 2 is 1.92 bits per heavy atom. The number of fused-ring (bicyclic) bond motifs is 1. The van der Waals surface area contributed by atoms with Crippen LogP contribution in [0.25, 0.3) is 6.08 Å². The van der Waals surface area contributed by atoms with Gasteiger partial charge in [-0.2, -0.15) is 0 Å². The first-order chi connectivity index (χ1) is 11.7. The van der Waals surface area contributed by atoms with Crippen LogP contribution in [0.15, 0.2) is 42.1 Å². The van der Waals surface area contributed by atoms with Crippen LogP contribution in [0, 0.1) is 5.92 Å². The van der Waals surface area contributed by atoms with E-state index in [0.29, 0.717) is 16.0 Å². The van der Waals surface area contributed by atoms with E-state index >= 15 is 0 Å². The fourth-order valence-electron chi connectivity index (χ4n) is 4.21. The standard InChI is InChI=1S/C21H21Cl2N/c22-19-8-7-15(12-20(19)23)18(10-14-4-1-2-5-14)17-11-16-6-3-9-24-21(16)13-17/h3,6-9,11-12,14,18H,1-2,4-5,10,13H2. The third kappa shape index (κ3) is 3.25. The summed E-state index contributed by atoms with van der Waals surface area (Å²) in [5.41, 5.74) is 5.22. The maximum atomic E-state index is 6.31. The molecule has 124 valence electrons. The van der Waals surface area contributed by atoms with Gasteiger partial charge in [-0.1, -0.05) is 72.7 Å². The molecule has 0 saturated heterocycles. The highest BCUT2D eigenvalue weighted by Crippen LogP contribution is 2.42. The summed E-state index contributed by atoms with van der Waals surface area (Å²) in [7, 11) is 0. The van der Waals surface area contributed by atoms with Gasteiger partial charge in [0.25, 0.3) is 0 Å². The summed E-state index contributed by atoms with van der Waals surface area (Å²) in [4.78, 5) is 4.55. The van der Waals surface area contributed by atoms with Crippen LogP contribution in [0.2, 0.25) is 10.0 Å². The molecule has 24 heavy (non-hydrogen) atoms. The lowest BCUT2D eigenvalue weighted by molar-refractivity contribution is 0.468. The van der Waals surface area contributed by atoms with Crippen molar-refractivity contribution in [1.29, 1.82) is 0 Å². The molecule has 1 unspecified atom stereocenters. The lowest BCUT2D eigenvalue weighted by Gasteiger charge is -2.23. The van der Waals surface area contributed by atoms with Gasteiger partial charge in [0, 0.05) is 18.5 Å². The lowest BCUT2D eigenvalue weighted by Crippen LogP contribution is -2.09. The van der Waals surface area contributed by atoms with Gasteiger partial charge in [0.2, 0.25) is 0 Å². The molecule has 2 aliphatic carbocycles. The average molecular weight is 358 g/mol. The van der Waals surface area contributed by atoms with E-state index in [2.05, 4.69) is 29.3 Å². The quantitative estimate of drug-likeness (QED) is 0.593. The Labute approximate surface area is 153 Å². The number of benzene rings is 1. The highest BCUT2D eigenvalue weighted by atomic mass is 35.5. The Kier molecular flexibility index (Phi) is 4.65. The van der Waals surface area contributed by atoms with Crippen LogP contribution in [-0.4, -0.2) is 4.98 Å². The van der Waals surface area contributed by atoms with Gasteiger partial charge in [-0.15, -0.1) is 0 Å². The molecular formula is C21H21Cl2N. The average Bonchev–Trinajstić information content (AvgIpc) is 3.24. The van der Waals surface area contributed by atoms with Crippen LogP contribution < -0.4 is 0 Å². The van der Waals surface area contributed by atoms with E-state index in [4.69, 9.17) is 23.2 Å². The summed E-state index contributed by atoms with van der Waals surface area (Å²) in [6.45, 7) is 0. The Balaban J connectivity index is 1.67. The Bertz CT molecular complexity index is 775. The fourth-order valence-corrected chi connectivity index (χ4v) is 4.51. The van der Waals surface area contributed by atoms with Gasteiger partial charge in [0.05, 0.1) is 15.7 Å². The monoisotopic (exact) mass is 357 g/mol. The van der Waals surface area contributed by atoms with E-state index in [1.165, 1.54) is 54.5 Å². The predicted molar refractivity (Wildman–Crippen MR) is 102 cm³/mol. The molecule has 1 fully saturated rings. The molecule has 1 atom stereocenters. The molecule has 1 nitrogen and oxygen atoms in total. The minimum atomic E-state index is 0.414. The van der Waals surface area contributed by atoms with Crippen molar-refractivity contribution in [3.63, 3.8) is 0 Å². The zero-order valence-electron chi connectivity index (χ0n) is 13.6. The first-order valence-electron chi connectivity index (χ1n) is 8.80. The molecule has 1 saturated carbocycles. The molecule has 0 spiro atoms. The Morgan fingerprint density at radius 3 is 2.67 bits per heavy atom. The summed E-state index contributed by atoms with van der Waals surface area (Å²) in [5.74, 6) is 1.24. The van der Waals surface area contributed by atoms with E-state index in [-0.39, 0.29) is 0 Å². The Morgan fingerprint density at radius 1 is 1.08 bits per heavy atom. The van der Waals surface area contributed by atoms with Crippen molar-refractivity contribution in [3.8, 4) is 0 Å². The Hall–Kier alpha value is -1.31. The summed E-state index contributed by atoms with van der Waals surface area (Å²) < 4.78 is 0. The van der Waals surface area contributed by atoms with Crippen molar-refractivity contribution in [2.75, 3.05) is 0 Å². The molecule has 0 aliphatic heterocycles. The molecule has 0 bridgehead atoms. The summed E-state index contributed by atoms with van der Waals surface area (Å²) in [5, 5.41) is 1.28. The number of pyridine rings is 1. The second-order valence-corrected chi connectivity index (χ2v) is 7.86. The molecule has 2 aromatic rings. The number of hydrogen-bond donors (Lipinski definition) is 0. The van der Waals surface area contributed by atoms with Gasteiger partial charge in [-0.25, -0.2) is 0 Å². The largest absolute Gasteiger partial charge is 0.260 e. The SMILES string of the molecule is Clc1ccc(C(CC2CCCC2)C2=Cc3cccnc3C2)cc1Cl.